The third-order valence-electron chi connectivity index (χ3n) is 2.26. The summed E-state index contributed by atoms with van der Waals surface area (Å²) in [4.78, 5) is 0. The van der Waals surface area contributed by atoms with Crippen molar-refractivity contribution < 1.29 is 5.21 Å². The summed E-state index contributed by atoms with van der Waals surface area (Å²) < 4.78 is 0. The Labute approximate surface area is 85.3 Å². The predicted octanol–water partition coefficient (Wildman–Crippen LogP) is 3.39. The molecule has 0 unspecified atom stereocenters. The third kappa shape index (κ3) is 4.08. The van der Waals surface area contributed by atoms with Gasteiger partial charge in [0.2, 0.25) is 0 Å². The number of nitrogens with zero attached hydrogens (tertiary/aromatic N) is 1. The quantitative estimate of drug-likeness (QED) is 0.495. The largest absolute Gasteiger partial charge is 0.411 e. The van der Waals surface area contributed by atoms with Crippen molar-refractivity contribution in [1.29, 1.82) is 0 Å². The molecular weight excluding hydrogens is 174 g/mol. The molecule has 1 aliphatic rings. The van der Waals surface area contributed by atoms with Gasteiger partial charge in [-0.3, -0.25) is 0 Å². The van der Waals surface area contributed by atoms with Gasteiger partial charge in [-0.15, -0.1) is 0 Å². The topological polar surface area (TPSA) is 32.6 Å². The Balaban J connectivity index is 0.000000140. The zero-order valence-corrected chi connectivity index (χ0v) is 8.61. The molecule has 14 heavy (non-hydrogen) atoms. The van der Waals surface area contributed by atoms with Gasteiger partial charge >= 0.3 is 0 Å². The van der Waals surface area contributed by atoms with Crippen LogP contribution >= 0.6 is 0 Å². The fourth-order valence-electron chi connectivity index (χ4n) is 1.42. The highest BCUT2D eigenvalue weighted by molar-refractivity contribution is 5.85. The molecule has 0 heterocycles. The van der Waals surface area contributed by atoms with Gasteiger partial charge in [0.1, 0.15) is 0 Å². The van der Waals surface area contributed by atoms with Crippen molar-refractivity contribution in [3.8, 4) is 0 Å². The highest BCUT2D eigenvalue weighted by Crippen LogP contribution is 2.13. The molecular formula is C12H17NO. The van der Waals surface area contributed by atoms with Crippen LogP contribution < -0.4 is 0 Å². The number of rotatable bonds is 0. The van der Waals surface area contributed by atoms with Crippen LogP contribution in [0.15, 0.2) is 35.5 Å². The molecule has 0 spiro atoms. The van der Waals surface area contributed by atoms with Crippen molar-refractivity contribution >= 4 is 5.71 Å². The molecule has 0 atom stereocenters. The normalized spacial score (nSPS) is 14.5. The van der Waals surface area contributed by atoms with Crippen LogP contribution in [0.1, 0.15) is 31.2 Å². The molecule has 1 aliphatic carbocycles. The van der Waals surface area contributed by atoms with E-state index >= 15 is 0 Å². The molecule has 1 N–H and O–H groups in total. The number of hydrogen-bond donors (Lipinski definition) is 1. The lowest BCUT2D eigenvalue weighted by atomic mass is 10.2. The van der Waals surface area contributed by atoms with E-state index in [0.717, 1.165) is 18.6 Å². The fourth-order valence-corrected chi connectivity index (χ4v) is 1.42. The molecule has 0 saturated heterocycles. The maximum Gasteiger partial charge on any atom is 0.0570 e. The highest BCUT2D eigenvalue weighted by atomic mass is 16.4. The molecule has 1 aromatic rings. The standard InChI is InChI=1S/C7H8.C5H9NO/c1-7-5-3-2-4-6-7;7-6-5-3-1-2-4-5/h2-6H,1H3;7H,1-4H2. The fraction of sp³-hybridized carbons (Fsp3) is 0.417. The minimum atomic E-state index is 0.972. The van der Waals surface area contributed by atoms with E-state index in [2.05, 4.69) is 24.2 Å². The van der Waals surface area contributed by atoms with E-state index in [4.69, 9.17) is 5.21 Å². The molecule has 1 aromatic carbocycles. The average molecular weight is 191 g/mol. The second-order valence-corrected chi connectivity index (χ2v) is 3.53. The van der Waals surface area contributed by atoms with E-state index < -0.39 is 0 Å². The van der Waals surface area contributed by atoms with Gasteiger partial charge in [0.05, 0.1) is 5.71 Å². The van der Waals surface area contributed by atoms with Gasteiger partial charge in [0, 0.05) is 0 Å². The summed E-state index contributed by atoms with van der Waals surface area (Å²) in [5.74, 6) is 0. The first-order chi connectivity index (χ1) is 6.83. The first-order valence-corrected chi connectivity index (χ1v) is 5.04. The number of benzene rings is 1. The van der Waals surface area contributed by atoms with Gasteiger partial charge in [0.15, 0.2) is 0 Å². The maximum atomic E-state index is 8.15. The first kappa shape index (κ1) is 10.8. The molecule has 0 amide bonds. The lowest BCUT2D eigenvalue weighted by Crippen LogP contribution is -1.85. The Morgan fingerprint density at radius 1 is 1.07 bits per heavy atom. The van der Waals surface area contributed by atoms with Crippen molar-refractivity contribution in [1.82, 2.24) is 0 Å². The molecule has 0 aromatic heterocycles. The van der Waals surface area contributed by atoms with Gasteiger partial charge in [-0.25, -0.2) is 0 Å². The van der Waals surface area contributed by atoms with Crippen LogP contribution in [-0.4, -0.2) is 10.9 Å². The summed E-state index contributed by atoms with van der Waals surface area (Å²) >= 11 is 0. The Hall–Kier alpha value is -1.31. The van der Waals surface area contributed by atoms with Gasteiger partial charge in [0.25, 0.3) is 0 Å². The Kier molecular flexibility index (Phi) is 4.76. The molecule has 0 aliphatic heterocycles. The van der Waals surface area contributed by atoms with Gasteiger partial charge in [-0.2, -0.15) is 0 Å². The number of oxime groups is 1. The highest BCUT2D eigenvalue weighted by Gasteiger charge is 2.06. The molecule has 1 saturated carbocycles. The second-order valence-electron chi connectivity index (χ2n) is 3.53. The van der Waals surface area contributed by atoms with E-state index in [1.54, 1.807) is 0 Å². The van der Waals surface area contributed by atoms with Crippen LogP contribution in [0.5, 0.6) is 0 Å². The molecule has 2 rings (SSSR count). The lowest BCUT2D eigenvalue weighted by Gasteiger charge is -1.82. The van der Waals surface area contributed by atoms with Crippen molar-refractivity contribution in [2.45, 2.75) is 32.6 Å². The first-order valence-electron chi connectivity index (χ1n) is 5.04. The van der Waals surface area contributed by atoms with E-state index in [0.29, 0.717) is 0 Å². The van der Waals surface area contributed by atoms with E-state index in [1.165, 1.54) is 18.4 Å². The van der Waals surface area contributed by atoms with Crippen molar-refractivity contribution in [2.24, 2.45) is 5.16 Å². The summed E-state index contributed by atoms with van der Waals surface area (Å²) in [6.45, 7) is 2.08. The molecule has 1 fully saturated rings. The second kappa shape index (κ2) is 6.19. The monoisotopic (exact) mass is 191 g/mol. The summed E-state index contributed by atoms with van der Waals surface area (Å²) in [5, 5.41) is 11.3. The Morgan fingerprint density at radius 3 is 1.93 bits per heavy atom. The van der Waals surface area contributed by atoms with Gasteiger partial charge in [-0.1, -0.05) is 41.1 Å². The van der Waals surface area contributed by atoms with Crippen molar-refractivity contribution in [3.63, 3.8) is 0 Å². The smallest absolute Gasteiger partial charge is 0.0570 e. The number of hydrogen-bond acceptors (Lipinski definition) is 2. The zero-order chi connectivity index (χ0) is 10.2. The SMILES string of the molecule is Cc1ccccc1.ON=C1CCCC1. The Bertz CT molecular complexity index is 272. The summed E-state index contributed by atoms with van der Waals surface area (Å²) in [7, 11) is 0. The third-order valence-corrected chi connectivity index (χ3v) is 2.26. The van der Waals surface area contributed by atoms with Gasteiger partial charge < -0.3 is 5.21 Å². The predicted molar refractivity (Wildman–Crippen MR) is 58.9 cm³/mol. The summed E-state index contributed by atoms with van der Waals surface area (Å²) in [5.41, 5.74) is 2.29. The molecule has 2 heteroatoms. The van der Waals surface area contributed by atoms with Crippen LogP contribution in [0.25, 0.3) is 0 Å². The van der Waals surface area contributed by atoms with E-state index in [1.807, 2.05) is 18.2 Å². The minimum Gasteiger partial charge on any atom is -0.411 e. The molecule has 76 valence electrons. The zero-order valence-electron chi connectivity index (χ0n) is 8.61. The van der Waals surface area contributed by atoms with Crippen LogP contribution in [0.3, 0.4) is 0 Å². The number of aryl methyl sites for hydroxylation is 1. The van der Waals surface area contributed by atoms with Crippen LogP contribution in [0.2, 0.25) is 0 Å². The van der Waals surface area contributed by atoms with Crippen LogP contribution in [-0.2, 0) is 0 Å². The maximum absolute atomic E-state index is 8.15. The van der Waals surface area contributed by atoms with Crippen molar-refractivity contribution in [3.05, 3.63) is 35.9 Å². The lowest BCUT2D eigenvalue weighted by molar-refractivity contribution is 0.317. The summed E-state index contributed by atoms with van der Waals surface area (Å²) in [6, 6.07) is 10.3. The molecule has 0 radical (unpaired) electrons. The van der Waals surface area contributed by atoms with Crippen LogP contribution in [0, 0.1) is 6.92 Å². The van der Waals surface area contributed by atoms with Gasteiger partial charge in [-0.05, 0) is 32.6 Å². The molecule has 2 nitrogen and oxygen atoms in total. The Morgan fingerprint density at radius 2 is 1.64 bits per heavy atom. The summed E-state index contributed by atoms with van der Waals surface area (Å²) in [6.07, 6.45) is 4.44. The van der Waals surface area contributed by atoms with E-state index in [-0.39, 0.29) is 0 Å². The molecule has 0 bridgehead atoms. The minimum absolute atomic E-state index is 0.972. The average Bonchev–Trinajstić information content (AvgIpc) is 2.72. The van der Waals surface area contributed by atoms with E-state index in [9.17, 15) is 0 Å². The van der Waals surface area contributed by atoms with Crippen LogP contribution in [0.4, 0.5) is 0 Å². The van der Waals surface area contributed by atoms with Crippen molar-refractivity contribution in [2.75, 3.05) is 0 Å².